The smallest absolute Gasteiger partial charge is 0.130 e. The molecule has 0 aromatic heterocycles. The van der Waals surface area contributed by atoms with Crippen LogP contribution >= 0.6 is 0 Å². The van der Waals surface area contributed by atoms with Crippen LogP contribution in [0.2, 0.25) is 0 Å². The average molecular weight is 399 g/mol. The van der Waals surface area contributed by atoms with Crippen molar-refractivity contribution in [1.82, 2.24) is 4.90 Å². The molecule has 29 heavy (non-hydrogen) atoms. The Morgan fingerprint density at radius 1 is 1.07 bits per heavy atom. The molecular weight excluding hydrogens is 375 g/mol. The molecule has 3 heterocycles. The van der Waals surface area contributed by atoms with E-state index in [1.807, 2.05) is 6.08 Å². The fraction of sp³-hybridized carbons (Fsp3) is 0.391. The minimum atomic E-state index is -0.417. The summed E-state index contributed by atoms with van der Waals surface area (Å²) in [6.07, 6.45) is 4.67. The first-order chi connectivity index (χ1) is 14.0. The molecule has 152 valence electrons. The first-order valence-electron chi connectivity index (χ1n) is 10.2. The van der Waals surface area contributed by atoms with Crippen molar-refractivity contribution in [1.29, 1.82) is 0 Å². The van der Waals surface area contributed by atoms with Gasteiger partial charge in [0.15, 0.2) is 0 Å². The molecule has 2 unspecified atom stereocenters. The van der Waals surface area contributed by atoms with E-state index in [1.165, 1.54) is 12.1 Å². The largest absolute Gasteiger partial charge is 0.362 e. The number of halogens is 3. The Bertz CT molecular complexity index is 988. The quantitative estimate of drug-likeness (QED) is 0.801. The van der Waals surface area contributed by atoms with Gasteiger partial charge in [-0.25, -0.2) is 13.2 Å². The van der Waals surface area contributed by atoms with Gasteiger partial charge in [0.25, 0.3) is 0 Å². The van der Waals surface area contributed by atoms with Gasteiger partial charge in [-0.05, 0) is 67.7 Å². The lowest BCUT2D eigenvalue weighted by Crippen LogP contribution is -2.50. The number of rotatable bonds is 3. The normalized spacial score (nSPS) is 23.6. The van der Waals surface area contributed by atoms with Crippen LogP contribution in [0.15, 0.2) is 36.4 Å². The van der Waals surface area contributed by atoms with Crippen LogP contribution in [-0.4, -0.2) is 36.7 Å². The summed E-state index contributed by atoms with van der Waals surface area (Å²) in [7, 11) is 0. The molecular formula is C23H24F3N3. The Morgan fingerprint density at radius 2 is 1.93 bits per heavy atom. The van der Waals surface area contributed by atoms with Crippen molar-refractivity contribution >= 4 is 16.9 Å². The van der Waals surface area contributed by atoms with E-state index >= 15 is 0 Å². The zero-order valence-corrected chi connectivity index (χ0v) is 16.4. The zero-order valence-electron chi connectivity index (χ0n) is 16.4. The predicted octanol–water partition coefficient (Wildman–Crippen LogP) is 4.79. The number of hydrogen-bond donors (Lipinski definition) is 1. The summed E-state index contributed by atoms with van der Waals surface area (Å²) in [6, 6.07) is 7.25. The highest BCUT2D eigenvalue weighted by Crippen LogP contribution is 2.44. The van der Waals surface area contributed by atoms with Gasteiger partial charge in [-0.1, -0.05) is 6.08 Å². The molecule has 0 radical (unpaired) electrons. The van der Waals surface area contributed by atoms with Gasteiger partial charge in [-0.3, -0.25) is 4.90 Å². The Labute approximate surface area is 168 Å². The van der Waals surface area contributed by atoms with Crippen molar-refractivity contribution in [3.8, 4) is 0 Å². The number of benzene rings is 2. The van der Waals surface area contributed by atoms with Gasteiger partial charge in [-0.2, -0.15) is 0 Å². The standard InChI is InChI=1S/C23H24F3N3/c1-14-2-3-16-10-18(25)12-21-23(16)29(14)22(27-21)13-28-8-6-15(7-9-28)19-11-17(24)4-5-20(19)26/h4-6,10-12,14,22,27H,2-3,7-9,13H2,1H3. The number of anilines is 2. The predicted molar refractivity (Wildman–Crippen MR) is 109 cm³/mol. The van der Waals surface area contributed by atoms with Crippen molar-refractivity contribution in [2.24, 2.45) is 0 Å². The monoisotopic (exact) mass is 399 g/mol. The number of nitrogens with zero attached hydrogens (tertiary/aromatic N) is 2. The van der Waals surface area contributed by atoms with Crippen LogP contribution < -0.4 is 10.2 Å². The highest BCUT2D eigenvalue weighted by molar-refractivity contribution is 5.80. The molecule has 1 N–H and O–H groups in total. The molecule has 3 aliphatic heterocycles. The van der Waals surface area contributed by atoms with E-state index in [4.69, 9.17) is 0 Å². The van der Waals surface area contributed by atoms with Crippen molar-refractivity contribution in [3.63, 3.8) is 0 Å². The molecule has 0 spiro atoms. The molecule has 0 amide bonds. The molecule has 2 aromatic carbocycles. The van der Waals surface area contributed by atoms with Crippen molar-refractivity contribution < 1.29 is 13.2 Å². The third-order valence-electron chi connectivity index (χ3n) is 6.37. The van der Waals surface area contributed by atoms with E-state index in [0.29, 0.717) is 24.6 Å². The maximum atomic E-state index is 14.1. The van der Waals surface area contributed by atoms with E-state index in [2.05, 4.69) is 22.0 Å². The third kappa shape index (κ3) is 3.29. The summed E-state index contributed by atoms with van der Waals surface area (Å²) < 4.78 is 41.6. The van der Waals surface area contributed by atoms with Gasteiger partial charge in [0, 0.05) is 31.2 Å². The molecule has 0 aliphatic carbocycles. The second kappa shape index (κ2) is 7.10. The molecule has 0 saturated carbocycles. The van der Waals surface area contributed by atoms with Gasteiger partial charge in [0.2, 0.25) is 0 Å². The Kier molecular flexibility index (Phi) is 4.54. The lowest BCUT2D eigenvalue weighted by molar-refractivity contribution is 0.281. The summed E-state index contributed by atoms with van der Waals surface area (Å²) in [4.78, 5) is 4.70. The molecule has 2 atom stereocenters. The van der Waals surface area contributed by atoms with E-state index < -0.39 is 5.82 Å². The molecule has 0 saturated heterocycles. The summed E-state index contributed by atoms with van der Waals surface area (Å²) >= 11 is 0. The third-order valence-corrected chi connectivity index (χ3v) is 6.37. The van der Waals surface area contributed by atoms with Crippen LogP contribution in [0.5, 0.6) is 0 Å². The lowest BCUT2D eigenvalue weighted by Gasteiger charge is -2.39. The Balaban J connectivity index is 1.33. The van der Waals surface area contributed by atoms with Crippen LogP contribution in [0.25, 0.3) is 5.57 Å². The van der Waals surface area contributed by atoms with Gasteiger partial charge in [-0.15, -0.1) is 0 Å². The summed E-state index contributed by atoms with van der Waals surface area (Å²) in [5, 5.41) is 3.51. The van der Waals surface area contributed by atoms with Gasteiger partial charge in [0.1, 0.15) is 23.6 Å². The van der Waals surface area contributed by atoms with Crippen LogP contribution in [0, 0.1) is 17.5 Å². The summed E-state index contributed by atoms with van der Waals surface area (Å²) in [5.74, 6) is -0.987. The molecule has 6 heteroatoms. The minimum absolute atomic E-state index is 0.0849. The van der Waals surface area contributed by atoms with E-state index in [1.54, 1.807) is 12.1 Å². The van der Waals surface area contributed by atoms with Gasteiger partial charge in [0.05, 0.1) is 11.4 Å². The second-order valence-electron chi connectivity index (χ2n) is 8.28. The Morgan fingerprint density at radius 3 is 2.72 bits per heavy atom. The molecule has 2 aromatic rings. The van der Waals surface area contributed by atoms with E-state index in [0.717, 1.165) is 54.5 Å². The highest BCUT2D eigenvalue weighted by Gasteiger charge is 2.38. The average Bonchev–Trinajstić information content (AvgIpc) is 3.06. The number of hydrogen-bond acceptors (Lipinski definition) is 3. The van der Waals surface area contributed by atoms with E-state index in [9.17, 15) is 13.2 Å². The fourth-order valence-corrected chi connectivity index (χ4v) is 4.94. The van der Waals surface area contributed by atoms with Crippen molar-refractivity contribution in [2.45, 2.75) is 38.4 Å². The number of aryl methyl sites for hydroxylation is 1. The van der Waals surface area contributed by atoms with Crippen LogP contribution in [-0.2, 0) is 6.42 Å². The first-order valence-corrected chi connectivity index (χ1v) is 10.2. The van der Waals surface area contributed by atoms with Crippen LogP contribution in [0.3, 0.4) is 0 Å². The SMILES string of the molecule is CC1CCc2cc(F)cc3c2N1C(CN1CC=C(c2cc(F)ccc2F)CC1)N3. The first kappa shape index (κ1) is 18.6. The zero-order chi connectivity index (χ0) is 20.1. The molecule has 3 aliphatic rings. The maximum absolute atomic E-state index is 14.1. The van der Waals surface area contributed by atoms with Gasteiger partial charge >= 0.3 is 0 Å². The minimum Gasteiger partial charge on any atom is -0.362 e. The number of nitrogens with one attached hydrogen (secondary N) is 1. The molecule has 0 fully saturated rings. The summed E-state index contributed by atoms with van der Waals surface area (Å²) in [5.41, 5.74) is 4.32. The highest BCUT2D eigenvalue weighted by atomic mass is 19.1. The Hall–Kier alpha value is -2.47. The topological polar surface area (TPSA) is 18.5 Å². The lowest BCUT2D eigenvalue weighted by atomic mass is 9.96. The van der Waals surface area contributed by atoms with Gasteiger partial charge < -0.3 is 10.2 Å². The molecule has 0 bridgehead atoms. The fourth-order valence-electron chi connectivity index (χ4n) is 4.94. The second-order valence-corrected chi connectivity index (χ2v) is 8.28. The summed E-state index contributed by atoms with van der Waals surface area (Å²) in [6.45, 7) is 4.47. The molecule has 3 nitrogen and oxygen atoms in total. The molecule has 5 rings (SSSR count). The maximum Gasteiger partial charge on any atom is 0.130 e. The van der Waals surface area contributed by atoms with Crippen LogP contribution in [0.4, 0.5) is 24.5 Å². The van der Waals surface area contributed by atoms with Crippen molar-refractivity contribution in [3.05, 3.63) is 65.0 Å². The van der Waals surface area contributed by atoms with Crippen molar-refractivity contribution in [2.75, 3.05) is 29.9 Å². The van der Waals surface area contributed by atoms with Crippen LogP contribution in [0.1, 0.15) is 30.9 Å². The van der Waals surface area contributed by atoms with E-state index in [-0.39, 0.29) is 17.8 Å².